The smallest absolute Gasteiger partial charge is 0.286 e. The molecule has 0 saturated heterocycles. The molecule has 2 radical (unpaired) electrons. The Hall–Kier alpha value is -1.25. The topological polar surface area (TPSA) is 18.5 Å². The molecule has 1 aromatic carbocycles. The van der Waals surface area contributed by atoms with E-state index in [2.05, 4.69) is 0 Å². The Morgan fingerprint density at radius 2 is 2.00 bits per heavy atom. The van der Waals surface area contributed by atoms with Crippen LogP contribution in [0, 0.1) is 6.61 Å². The van der Waals surface area contributed by atoms with Gasteiger partial charge in [-0.3, -0.25) is 0 Å². The first kappa shape index (κ1) is 6.46. The van der Waals surface area contributed by atoms with Gasteiger partial charge in [0.15, 0.2) is 11.5 Å². The van der Waals surface area contributed by atoms with Crippen LogP contribution >= 0.6 is 0 Å². The van der Waals surface area contributed by atoms with Crippen molar-refractivity contribution in [3.05, 3.63) is 30.9 Å². The first-order chi connectivity index (χ1) is 5.36. The van der Waals surface area contributed by atoms with E-state index >= 15 is 0 Å². The highest BCUT2D eigenvalue weighted by Gasteiger charge is 2.20. The first-order valence-electron chi connectivity index (χ1n) is 3.18. The molecule has 0 aliphatic carbocycles. The van der Waals surface area contributed by atoms with Crippen molar-refractivity contribution in [2.75, 3.05) is 0 Å². The number of benzene rings is 1. The van der Waals surface area contributed by atoms with Gasteiger partial charge in [0.2, 0.25) is 0 Å². The number of hydrogen-bond donors (Lipinski definition) is 0. The number of rotatable bonds is 0. The average Bonchev–Trinajstić information content (AvgIpc) is 2.04. The van der Waals surface area contributed by atoms with E-state index in [1.807, 2.05) is 6.61 Å². The van der Waals surface area contributed by atoms with Crippen molar-refractivity contribution in [1.29, 1.82) is 0 Å². The highest BCUT2D eigenvalue weighted by atomic mass is 19.1. The largest absolute Gasteiger partial charge is 0.467 e. The SMILES string of the molecule is FC1[C]Oc2ccccc2O1. The van der Waals surface area contributed by atoms with Crippen LogP contribution in [-0.4, -0.2) is 6.36 Å². The lowest BCUT2D eigenvalue weighted by Crippen LogP contribution is -2.19. The molecule has 1 aromatic rings. The van der Waals surface area contributed by atoms with E-state index in [9.17, 15) is 4.39 Å². The van der Waals surface area contributed by atoms with Gasteiger partial charge in [0.05, 0.1) is 0 Å². The van der Waals surface area contributed by atoms with Crippen LogP contribution in [0.15, 0.2) is 24.3 Å². The molecular weight excluding hydrogens is 147 g/mol. The molecule has 1 aliphatic rings. The number of halogens is 1. The Balaban J connectivity index is 2.34. The van der Waals surface area contributed by atoms with Crippen LogP contribution in [0.3, 0.4) is 0 Å². The Bertz CT molecular complexity index is 262. The zero-order chi connectivity index (χ0) is 7.68. The Morgan fingerprint density at radius 3 is 2.82 bits per heavy atom. The molecule has 0 spiro atoms. The third kappa shape index (κ3) is 1.13. The summed E-state index contributed by atoms with van der Waals surface area (Å²) in [6.07, 6.45) is -1.58. The summed E-state index contributed by atoms with van der Waals surface area (Å²) in [4.78, 5) is 0. The van der Waals surface area contributed by atoms with Gasteiger partial charge < -0.3 is 9.47 Å². The normalized spacial score (nSPS) is 21.4. The van der Waals surface area contributed by atoms with Crippen LogP contribution < -0.4 is 9.47 Å². The second-order valence-electron chi connectivity index (χ2n) is 2.10. The maximum Gasteiger partial charge on any atom is 0.286 e. The van der Waals surface area contributed by atoms with Crippen LogP contribution in [0.5, 0.6) is 11.5 Å². The Kier molecular flexibility index (Phi) is 1.42. The molecule has 1 atom stereocenters. The van der Waals surface area contributed by atoms with E-state index in [0.717, 1.165) is 0 Å². The number of alkyl halides is 1. The Morgan fingerprint density at radius 1 is 1.27 bits per heavy atom. The minimum absolute atomic E-state index is 0.416. The van der Waals surface area contributed by atoms with Crippen molar-refractivity contribution in [2.24, 2.45) is 0 Å². The maximum atomic E-state index is 12.4. The molecule has 0 fully saturated rings. The van der Waals surface area contributed by atoms with E-state index in [1.165, 1.54) is 0 Å². The van der Waals surface area contributed by atoms with Crippen LogP contribution in [0.25, 0.3) is 0 Å². The highest BCUT2D eigenvalue weighted by molar-refractivity contribution is 5.41. The van der Waals surface area contributed by atoms with Gasteiger partial charge in [0.25, 0.3) is 13.0 Å². The fourth-order valence-electron chi connectivity index (χ4n) is 0.877. The molecule has 56 valence electrons. The summed E-state index contributed by atoms with van der Waals surface area (Å²) in [6, 6.07) is 6.86. The fraction of sp³-hybridized carbons (Fsp3) is 0.125. The molecule has 0 bridgehead atoms. The van der Waals surface area contributed by atoms with Crippen molar-refractivity contribution in [1.82, 2.24) is 0 Å². The average molecular weight is 152 g/mol. The minimum atomic E-state index is -1.58. The summed E-state index contributed by atoms with van der Waals surface area (Å²) in [6.45, 7) is 2.05. The van der Waals surface area contributed by atoms with Gasteiger partial charge in [-0.2, -0.15) is 4.39 Å². The van der Waals surface area contributed by atoms with Gasteiger partial charge in [-0.1, -0.05) is 12.1 Å². The number of ether oxygens (including phenoxy) is 2. The maximum absolute atomic E-state index is 12.4. The lowest BCUT2D eigenvalue weighted by molar-refractivity contribution is 0.0358. The molecule has 2 nitrogen and oxygen atoms in total. The molecular formula is C8H5FO2. The van der Waals surface area contributed by atoms with Crippen molar-refractivity contribution in [2.45, 2.75) is 6.36 Å². The van der Waals surface area contributed by atoms with Crippen LogP contribution in [-0.2, 0) is 0 Å². The van der Waals surface area contributed by atoms with Crippen molar-refractivity contribution in [3.63, 3.8) is 0 Å². The van der Waals surface area contributed by atoms with E-state index in [-0.39, 0.29) is 0 Å². The third-order valence-electron chi connectivity index (χ3n) is 1.34. The summed E-state index contributed by atoms with van der Waals surface area (Å²) in [5.74, 6) is 0.917. The molecule has 1 heterocycles. The predicted molar refractivity (Wildman–Crippen MR) is 35.8 cm³/mol. The van der Waals surface area contributed by atoms with Gasteiger partial charge in [-0.25, -0.2) is 0 Å². The second kappa shape index (κ2) is 2.42. The van der Waals surface area contributed by atoms with Crippen LogP contribution in [0.1, 0.15) is 0 Å². The molecule has 0 N–H and O–H groups in total. The second-order valence-corrected chi connectivity index (χ2v) is 2.10. The molecule has 0 aromatic heterocycles. The number of fused-ring (bicyclic) bond motifs is 1. The van der Waals surface area contributed by atoms with Crippen LogP contribution in [0.2, 0.25) is 0 Å². The quantitative estimate of drug-likeness (QED) is 0.564. The van der Waals surface area contributed by atoms with Gasteiger partial charge in [0.1, 0.15) is 0 Å². The van der Waals surface area contributed by atoms with Gasteiger partial charge in [-0.15, -0.1) is 0 Å². The molecule has 2 rings (SSSR count). The summed E-state index contributed by atoms with van der Waals surface area (Å²) < 4.78 is 21.9. The third-order valence-corrected chi connectivity index (χ3v) is 1.34. The molecule has 1 unspecified atom stereocenters. The molecule has 1 aliphatic heterocycles. The molecule has 11 heavy (non-hydrogen) atoms. The van der Waals surface area contributed by atoms with Crippen molar-refractivity contribution < 1.29 is 13.9 Å². The Labute approximate surface area is 63.5 Å². The van der Waals surface area contributed by atoms with E-state index in [0.29, 0.717) is 11.5 Å². The van der Waals surface area contributed by atoms with E-state index in [4.69, 9.17) is 9.47 Å². The highest BCUT2D eigenvalue weighted by Crippen LogP contribution is 2.32. The number of hydrogen-bond acceptors (Lipinski definition) is 2. The molecule has 0 saturated carbocycles. The van der Waals surface area contributed by atoms with Crippen LogP contribution in [0.4, 0.5) is 4.39 Å². The summed E-state index contributed by atoms with van der Waals surface area (Å²) in [7, 11) is 0. The summed E-state index contributed by atoms with van der Waals surface area (Å²) >= 11 is 0. The zero-order valence-corrected chi connectivity index (χ0v) is 5.58. The van der Waals surface area contributed by atoms with Gasteiger partial charge in [-0.05, 0) is 12.1 Å². The summed E-state index contributed by atoms with van der Waals surface area (Å²) in [5, 5.41) is 0. The zero-order valence-electron chi connectivity index (χ0n) is 5.58. The molecule has 0 amide bonds. The van der Waals surface area contributed by atoms with Crippen molar-refractivity contribution >= 4 is 0 Å². The lowest BCUT2D eigenvalue weighted by atomic mass is 10.3. The monoisotopic (exact) mass is 152 g/mol. The summed E-state index contributed by atoms with van der Waals surface area (Å²) in [5.41, 5.74) is 0. The standard InChI is InChI=1S/C8H5FO2/c9-8-5-10-6-3-1-2-4-7(6)11-8/h1-4,8H. The van der Waals surface area contributed by atoms with Crippen molar-refractivity contribution in [3.8, 4) is 11.5 Å². The lowest BCUT2D eigenvalue weighted by Gasteiger charge is -2.18. The minimum Gasteiger partial charge on any atom is -0.467 e. The van der Waals surface area contributed by atoms with Gasteiger partial charge >= 0.3 is 0 Å². The van der Waals surface area contributed by atoms with Gasteiger partial charge in [0, 0.05) is 0 Å². The molecule has 3 heteroatoms. The fourth-order valence-corrected chi connectivity index (χ4v) is 0.877. The van der Waals surface area contributed by atoms with E-state index < -0.39 is 6.36 Å². The number of para-hydroxylation sites is 2. The predicted octanol–water partition coefficient (Wildman–Crippen LogP) is 1.79. The van der Waals surface area contributed by atoms with E-state index in [1.54, 1.807) is 24.3 Å². The first-order valence-corrected chi connectivity index (χ1v) is 3.18.